The Kier molecular flexibility index (Phi) is 4.22. The number of hydrogen-bond donors (Lipinski definition) is 2. The number of ether oxygens (including phenoxy) is 2. The zero-order chi connectivity index (χ0) is 15.4. The van der Waals surface area contributed by atoms with E-state index in [1.54, 1.807) is 6.20 Å². The SMILES string of the molecule is COC(=O)/C=C(/Nc1cc2cn[nH]c2cc1C)C(=O)OC. The summed E-state index contributed by atoms with van der Waals surface area (Å²) in [7, 11) is 2.47. The van der Waals surface area contributed by atoms with E-state index in [1.165, 1.54) is 14.2 Å². The summed E-state index contributed by atoms with van der Waals surface area (Å²) in [6.07, 6.45) is 2.71. The molecule has 0 bridgehead atoms. The molecule has 0 radical (unpaired) electrons. The van der Waals surface area contributed by atoms with Crippen LogP contribution in [-0.4, -0.2) is 36.4 Å². The predicted octanol–water partition coefficient (Wildman–Crippen LogP) is 1.51. The maximum atomic E-state index is 11.7. The minimum atomic E-state index is -0.660. The van der Waals surface area contributed by atoms with Gasteiger partial charge in [0.15, 0.2) is 0 Å². The van der Waals surface area contributed by atoms with Gasteiger partial charge in [-0.2, -0.15) is 5.10 Å². The molecule has 1 aromatic heterocycles. The smallest absolute Gasteiger partial charge is 0.354 e. The molecule has 0 atom stereocenters. The van der Waals surface area contributed by atoms with Crippen LogP contribution in [0.2, 0.25) is 0 Å². The topological polar surface area (TPSA) is 93.3 Å². The molecule has 0 aliphatic rings. The Bertz CT molecular complexity index is 718. The van der Waals surface area contributed by atoms with Gasteiger partial charge in [0.2, 0.25) is 0 Å². The van der Waals surface area contributed by atoms with Crippen LogP contribution in [-0.2, 0) is 19.1 Å². The summed E-state index contributed by atoms with van der Waals surface area (Å²) in [4.78, 5) is 23.0. The van der Waals surface area contributed by atoms with Crippen molar-refractivity contribution in [1.29, 1.82) is 0 Å². The molecule has 7 heteroatoms. The number of methoxy groups -OCH3 is 2. The third kappa shape index (κ3) is 3.19. The molecule has 0 amide bonds. The molecule has 21 heavy (non-hydrogen) atoms. The number of esters is 2. The van der Waals surface area contributed by atoms with Crippen molar-refractivity contribution in [2.45, 2.75) is 6.92 Å². The molecule has 1 heterocycles. The van der Waals surface area contributed by atoms with E-state index in [0.717, 1.165) is 22.5 Å². The molecule has 2 N–H and O–H groups in total. The Balaban J connectivity index is 2.38. The molecule has 1 aromatic carbocycles. The number of carbonyl (C=O) groups excluding carboxylic acids is 2. The summed E-state index contributed by atoms with van der Waals surface area (Å²) in [6.45, 7) is 1.87. The molecule has 0 aliphatic carbocycles. The summed E-state index contributed by atoms with van der Waals surface area (Å²) in [5, 5.41) is 10.6. The van der Waals surface area contributed by atoms with E-state index < -0.39 is 11.9 Å². The molecule has 0 aliphatic heterocycles. The number of aromatic amines is 1. The van der Waals surface area contributed by atoms with Crippen molar-refractivity contribution in [1.82, 2.24) is 10.2 Å². The highest BCUT2D eigenvalue weighted by Crippen LogP contribution is 2.23. The Labute approximate surface area is 120 Å². The fraction of sp³-hybridized carbons (Fsp3) is 0.214. The number of rotatable bonds is 4. The summed E-state index contributed by atoms with van der Waals surface area (Å²) < 4.78 is 9.17. The lowest BCUT2D eigenvalue weighted by Gasteiger charge is -2.11. The van der Waals surface area contributed by atoms with Crippen LogP contribution in [0.1, 0.15) is 5.56 Å². The van der Waals surface area contributed by atoms with Crippen LogP contribution in [0.3, 0.4) is 0 Å². The molecular weight excluding hydrogens is 274 g/mol. The van der Waals surface area contributed by atoms with Crippen LogP contribution in [0.5, 0.6) is 0 Å². The second kappa shape index (κ2) is 6.08. The fourth-order valence-electron chi connectivity index (χ4n) is 1.81. The number of aryl methyl sites for hydroxylation is 1. The van der Waals surface area contributed by atoms with Gasteiger partial charge in [-0.05, 0) is 24.6 Å². The van der Waals surface area contributed by atoms with Gasteiger partial charge in [-0.15, -0.1) is 0 Å². The Morgan fingerprint density at radius 2 is 2.05 bits per heavy atom. The average molecular weight is 289 g/mol. The van der Waals surface area contributed by atoms with E-state index in [4.69, 9.17) is 0 Å². The lowest BCUT2D eigenvalue weighted by atomic mass is 10.1. The highest BCUT2D eigenvalue weighted by atomic mass is 16.5. The van der Waals surface area contributed by atoms with Crippen molar-refractivity contribution in [3.63, 3.8) is 0 Å². The van der Waals surface area contributed by atoms with Gasteiger partial charge in [-0.25, -0.2) is 9.59 Å². The van der Waals surface area contributed by atoms with Gasteiger partial charge in [-0.1, -0.05) is 0 Å². The number of H-pyrrole nitrogens is 1. The molecule has 110 valence electrons. The molecule has 0 fully saturated rings. The van der Waals surface area contributed by atoms with E-state index in [1.807, 2.05) is 19.1 Å². The van der Waals surface area contributed by atoms with Crippen molar-refractivity contribution < 1.29 is 19.1 Å². The molecule has 0 unspecified atom stereocenters. The summed E-state index contributed by atoms with van der Waals surface area (Å²) in [6, 6.07) is 3.71. The second-order valence-electron chi connectivity index (χ2n) is 4.32. The summed E-state index contributed by atoms with van der Waals surface area (Å²) in [5.41, 5.74) is 2.43. The number of carbonyl (C=O) groups is 2. The van der Waals surface area contributed by atoms with E-state index in [2.05, 4.69) is 25.0 Å². The summed E-state index contributed by atoms with van der Waals surface area (Å²) in [5.74, 6) is -1.31. The minimum absolute atomic E-state index is 0.00436. The molecule has 0 saturated heterocycles. The first-order chi connectivity index (χ1) is 10.0. The van der Waals surface area contributed by atoms with E-state index in [-0.39, 0.29) is 5.70 Å². The normalized spacial score (nSPS) is 11.3. The lowest BCUT2D eigenvalue weighted by molar-refractivity contribution is -0.138. The summed E-state index contributed by atoms with van der Waals surface area (Å²) >= 11 is 0. The monoisotopic (exact) mass is 289 g/mol. The van der Waals surface area contributed by atoms with Gasteiger partial charge in [0.25, 0.3) is 0 Å². The van der Waals surface area contributed by atoms with Crippen molar-refractivity contribution in [3.8, 4) is 0 Å². The Morgan fingerprint density at radius 1 is 1.29 bits per heavy atom. The first kappa shape index (κ1) is 14.6. The minimum Gasteiger partial charge on any atom is -0.466 e. The largest absolute Gasteiger partial charge is 0.466 e. The highest BCUT2D eigenvalue weighted by molar-refractivity contribution is 5.99. The van der Waals surface area contributed by atoms with Crippen LogP contribution >= 0.6 is 0 Å². The van der Waals surface area contributed by atoms with Gasteiger partial charge in [-0.3, -0.25) is 5.10 Å². The van der Waals surface area contributed by atoms with Crippen molar-refractivity contribution >= 4 is 28.5 Å². The van der Waals surface area contributed by atoms with Crippen LogP contribution in [0, 0.1) is 6.92 Å². The molecule has 7 nitrogen and oxygen atoms in total. The van der Waals surface area contributed by atoms with Gasteiger partial charge >= 0.3 is 11.9 Å². The first-order valence-corrected chi connectivity index (χ1v) is 6.14. The van der Waals surface area contributed by atoms with Gasteiger partial charge in [0.1, 0.15) is 5.70 Å². The number of aromatic nitrogens is 2. The number of nitrogens with zero attached hydrogens (tertiary/aromatic N) is 1. The van der Waals surface area contributed by atoms with Crippen LogP contribution in [0.15, 0.2) is 30.1 Å². The zero-order valence-corrected chi connectivity index (χ0v) is 11.9. The number of anilines is 1. The van der Waals surface area contributed by atoms with Crippen molar-refractivity contribution in [2.75, 3.05) is 19.5 Å². The number of nitrogens with one attached hydrogen (secondary N) is 2. The molecule has 0 spiro atoms. The molecule has 0 saturated carbocycles. The maximum Gasteiger partial charge on any atom is 0.354 e. The lowest BCUT2D eigenvalue weighted by Crippen LogP contribution is -2.16. The van der Waals surface area contributed by atoms with Gasteiger partial charge in [0, 0.05) is 11.1 Å². The quantitative estimate of drug-likeness (QED) is 0.654. The maximum absolute atomic E-state index is 11.7. The van der Waals surface area contributed by atoms with E-state index in [9.17, 15) is 9.59 Å². The first-order valence-electron chi connectivity index (χ1n) is 6.14. The number of fused-ring (bicyclic) bond motifs is 1. The standard InChI is InChI=1S/C14H15N3O4/c1-8-4-11-9(7-15-17-11)5-10(8)16-12(14(19)21-3)6-13(18)20-2/h4-7,16H,1-3H3,(H,15,17)/b12-6+. The number of benzene rings is 1. The van der Waals surface area contributed by atoms with Crippen LogP contribution < -0.4 is 5.32 Å². The van der Waals surface area contributed by atoms with Crippen LogP contribution in [0.25, 0.3) is 10.9 Å². The molecule has 2 rings (SSSR count). The molecular formula is C14H15N3O4. The van der Waals surface area contributed by atoms with Crippen molar-refractivity contribution in [3.05, 3.63) is 35.7 Å². The van der Waals surface area contributed by atoms with Gasteiger partial charge < -0.3 is 14.8 Å². The van der Waals surface area contributed by atoms with E-state index in [0.29, 0.717) is 5.69 Å². The Hall–Kier alpha value is -2.83. The average Bonchev–Trinajstić information content (AvgIpc) is 2.92. The van der Waals surface area contributed by atoms with Crippen molar-refractivity contribution in [2.24, 2.45) is 0 Å². The number of hydrogen-bond acceptors (Lipinski definition) is 6. The van der Waals surface area contributed by atoms with Gasteiger partial charge in [0.05, 0.1) is 32.0 Å². The Morgan fingerprint density at radius 3 is 2.71 bits per heavy atom. The zero-order valence-electron chi connectivity index (χ0n) is 11.9. The third-order valence-electron chi connectivity index (χ3n) is 2.92. The fourth-order valence-corrected chi connectivity index (χ4v) is 1.81. The highest BCUT2D eigenvalue weighted by Gasteiger charge is 2.14. The predicted molar refractivity (Wildman–Crippen MR) is 76.6 cm³/mol. The second-order valence-corrected chi connectivity index (χ2v) is 4.32. The van der Waals surface area contributed by atoms with Crippen LogP contribution in [0.4, 0.5) is 5.69 Å². The molecule has 2 aromatic rings. The third-order valence-corrected chi connectivity index (χ3v) is 2.92. The van der Waals surface area contributed by atoms with E-state index >= 15 is 0 Å².